The normalized spacial score (nSPS) is 28.8. The number of piperidine rings is 1. The van der Waals surface area contributed by atoms with E-state index in [1.54, 1.807) is 0 Å². The lowest BCUT2D eigenvalue weighted by Crippen LogP contribution is -2.53. The van der Waals surface area contributed by atoms with Gasteiger partial charge in [-0.3, -0.25) is 5.84 Å². The van der Waals surface area contributed by atoms with Crippen molar-refractivity contribution in [3.63, 3.8) is 0 Å². The zero-order valence-corrected chi connectivity index (χ0v) is 8.01. The fourth-order valence-electron chi connectivity index (χ4n) is 1.93. The van der Waals surface area contributed by atoms with Gasteiger partial charge in [0.05, 0.1) is 6.17 Å². The van der Waals surface area contributed by atoms with Crippen LogP contribution in [-0.2, 0) is 0 Å². The first-order chi connectivity index (χ1) is 5.77. The summed E-state index contributed by atoms with van der Waals surface area (Å²) >= 11 is 0. The molecule has 1 fully saturated rings. The Balaban J connectivity index is 2.38. The second kappa shape index (κ2) is 4.77. The van der Waals surface area contributed by atoms with Gasteiger partial charge in [0.2, 0.25) is 0 Å². The highest BCUT2D eigenvalue weighted by Gasteiger charge is 2.23. The number of hydrazine groups is 1. The topological polar surface area (TPSA) is 53.3 Å². The van der Waals surface area contributed by atoms with Crippen LogP contribution in [0.2, 0.25) is 0 Å². The molecule has 0 bridgehead atoms. The molecule has 4 nitrogen and oxygen atoms in total. The van der Waals surface area contributed by atoms with Crippen molar-refractivity contribution in [3.8, 4) is 0 Å². The van der Waals surface area contributed by atoms with Crippen LogP contribution in [-0.4, -0.2) is 38.3 Å². The van der Waals surface area contributed by atoms with Gasteiger partial charge in [0, 0.05) is 12.5 Å². The summed E-state index contributed by atoms with van der Waals surface area (Å²) in [5, 5.41) is 3.18. The third-order valence-corrected chi connectivity index (χ3v) is 2.62. The quantitative estimate of drug-likeness (QED) is 0.300. The Kier molecular flexibility index (Phi) is 3.94. The molecule has 4 N–H and O–H groups in total. The highest BCUT2D eigenvalue weighted by molar-refractivity contribution is 4.78. The van der Waals surface area contributed by atoms with E-state index in [1.165, 1.54) is 19.4 Å². The number of hydrogen-bond donors (Lipinski definition) is 3. The van der Waals surface area contributed by atoms with Gasteiger partial charge in [-0.25, -0.2) is 5.43 Å². The minimum Gasteiger partial charge on any atom is -0.306 e. The lowest BCUT2D eigenvalue weighted by molar-refractivity contribution is 0.162. The molecule has 2 unspecified atom stereocenters. The number of nitrogens with two attached hydrogens (primary N) is 1. The van der Waals surface area contributed by atoms with Gasteiger partial charge in [-0.1, -0.05) is 0 Å². The molecule has 0 saturated carbocycles. The van der Waals surface area contributed by atoms with E-state index in [1.807, 2.05) is 7.05 Å². The van der Waals surface area contributed by atoms with Gasteiger partial charge in [0.25, 0.3) is 0 Å². The van der Waals surface area contributed by atoms with Gasteiger partial charge in [-0.05, 0) is 33.5 Å². The van der Waals surface area contributed by atoms with Crippen molar-refractivity contribution in [1.29, 1.82) is 0 Å². The molecule has 12 heavy (non-hydrogen) atoms. The highest BCUT2D eigenvalue weighted by atomic mass is 15.3. The monoisotopic (exact) mass is 172 g/mol. The van der Waals surface area contributed by atoms with Crippen molar-refractivity contribution >= 4 is 0 Å². The average molecular weight is 172 g/mol. The molecule has 1 saturated heterocycles. The Morgan fingerprint density at radius 3 is 2.83 bits per heavy atom. The summed E-state index contributed by atoms with van der Waals surface area (Å²) in [6.07, 6.45) is 2.80. The molecular weight excluding hydrogens is 152 g/mol. The second-order valence-corrected chi connectivity index (χ2v) is 3.60. The summed E-state index contributed by atoms with van der Waals surface area (Å²) in [7, 11) is 4.11. The standard InChI is InChI=1S/C8H20N4/c1-10-8(11-9)7-4-3-5-12(2)6-7/h7-8,10-11H,3-6,9H2,1-2H3. The van der Waals surface area contributed by atoms with Crippen molar-refractivity contribution in [1.82, 2.24) is 15.6 Å². The smallest absolute Gasteiger partial charge is 0.0740 e. The van der Waals surface area contributed by atoms with E-state index in [4.69, 9.17) is 5.84 Å². The molecule has 4 heteroatoms. The SMILES string of the molecule is CNC(NN)C1CCCN(C)C1. The molecule has 0 aliphatic carbocycles. The van der Waals surface area contributed by atoms with E-state index >= 15 is 0 Å². The van der Waals surface area contributed by atoms with Crippen LogP contribution in [0.1, 0.15) is 12.8 Å². The predicted octanol–water partition coefficient (Wildman–Crippen LogP) is -0.663. The van der Waals surface area contributed by atoms with Crippen LogP contribution in [0.3, 0.4) is 0 Å². The van der Waals surface area contributed by atoms with Crippen LogP contribution in [0.4, 0.5) is 0 Å². The number of nitrogens with one attached hydrogen (secondary N) is 2. The van der Waals surface area contributed by atoms with Crippen molar-refractivity contribution in [2.24, 2.45) is 11.8 Å². The highest BCUT2D eigenvalue weighted by Crippen LogP contribution is 2.16. The third kappa shape index (κ3) is 2.42. The summed E-state index contributed by atoms with van der Waals surface area (Å²) in [6, 6.07) is 0. The number of hydrogen-bond acceptors (Lipinski definition) is 4. The van der Waals surface area contributed by atoms with Gasteiger partial charge < -0.3 is 10.2 Å². The van der Waals surface area contributed by atoms with Crippen LogP contribution in [0.15, 0.2) is 0 Å². The zero-order chi connectivity index (χ0) is 8.97. The molecule has 0 amide bonds. The molecule has 0 aromatic heterocycles. The van der Waals surface area contributed by atoms with Crippen LogP contribution in [0.5, 0.6) is 0 Å². The Hall–Kier alpha value is -0.160. The van der Waals surface area contributed by atoms with E-state index in [2.05, 4.69) is 22.7 Å². The molecule has 2 atom stereocenters. The Bertz CT molecular complexity index is 124. The Morgan fingerprint density at radius 2 is 2.33 bits per heavy atom. The predicted molar refractivity (Wildman–Crippen MR) is 50.4 cm³/mol. The molecule has 1 aliphatic rings. The van der Waals surface area contributed by atoms with Crippen LogP contribution in [0.25, 0.3) is 0 Å². The van der Waals surface area contributed by atoms with E-state index in [0.29, 0.717) is 5.92 Å². The summed E-state index contributed by atoms with van der Waals surface area (Å²) in [5.74, 6) is 6.07. The molecule has 0 radical (unpaired) electrons. The lowest BCUT2D eigenvalue weighted by atomic mass is 9.95. The maximum absolute atomic E-state index is 5.43. The average Bonchev–Trinajstić information content (AvgIpc) is 2.07. The van der Waals surface area contributed by atoms with Crippen LogP contribution in [0, 0.1) is 5.92 Å². The molecule has 1 rings (SSSR count). The van der Waals surface area contributed by atoms with Crippen LogP contribution < -0.4 is 16.6 Å². The molecule has 1 heterocycles. The minimum atomic E-state index is 0.257. The minimum absolute atomic E-state index is 0.257. The molecule has 0 spiro atoms. The van der Waals surface area contributed by atoms with E-state index in [9.17, 15) is 0 Å². The maximum atomic E-state index is 5.43. The fraction of sp³-hybridized carbons (Fsp3) is 1.00. The van der Waals surface area contributed by atoms with Crippen LogP contribution >= 0.6 is 0 Å². The first-order valence-corrected chi connectivity index (χ1v) is 4.60. The van der Waals surface area contributed by atoms with Gasteiger partial charge in [-0.2, -0.15) is 0 Å². The fourth-order valence-corrected chi connectivity index (χ4v) is 1.93. The van der Waals surface area contributed by atoms with Crippen molar-refractivity contribution in [2.45, 2.75) is 19.0 Å². The lowest BCUT2D eigenvalue weighted by Gasteiger charge is -2.34. The first-order valence-electron chi connectivity index (χ1n) is 4.60. The van der Waals surface area contributed by atoms with Gasteiger partial charge in [-0.15, -0.1) is 0 Å². The van der Waals surface area contributed by atoms with E-state index in [0.717, 1.165) is 6.54 Å². The van der Waals surface area contributed by atoms with Gasteiger partial charge >= 0.3 is 0 Å². The zero-order valence-electron chi connectivity index (χ0n) is 8.01. The summed E-state index contributed by atoms with van der Waals surface area (Å²) < 4.78 is 0. The largest absolute Gasteiger partial charge is 0.306 e. The Morgan fingerprint density at radius 1 is 1.58 bits per heavy atom. The first kappa shape index (κ1) is 9.92. The summed E-state index contributed by atoms with van der Waals surface area (Å²) in [5.41, 5.74) is 2.80. The van der Waals surface area contributed by atoms with Crippen molar-refractivity contribution in [2.75, 3.05) is 27.2 Å². The molecular formula is C8H20N4. The molecule has 72 valence electrons. The second-order valence-electron chi connectivity index (χ2n) is 3.60. The maximum Gasteiger partial charge on any atom is 0.0740 e. The summed E-state index contributed by atoms with van der Waals surface area (Å²) in [4.78, 5) is 2.36. The van der Waals surface area contributed by atoms with Crippen molar-refractivity contribution in [3.05, 3.63) is 0 Å². The third-order valence-electron chi connectivity index (χ3n) is 2.62. The molecule has 0 aromatic rings. The van der Waals surface area contributed by atoms with E-state index < -0.39 is 0 Å². The van der Waals surface area contributed by atoms with E-state index in [-0.39, 0.29) is 6.17 Å². The molecule has 0 aromatic carbocycles. The number of rotatable bonds is 3. The number of likely N-dealkylation sites (tertiary alicyclic amines) is 1. The van der Waals surface area contributed by atoms with Gasteiger partial charge in [0.1, 0.15) is 0 Å². The summed E-state index contributed by atoms with van der Waals surface area (Å²) in [6.45, 7) is 2.35. The molecule has 1 aliphatic heterocycles. The van der Waals surface area contributed by atoms with Gasteiger partial charge in [0.15, 0.2) is 0 Å². The Labute approximate surface area is 74.5 Å². The number of nitrogens with zero attached hydrogens (tertiary/aromatic N) is 1. The van der Waals surface area contributed by atoms with Crippen molar-refractivity contribution < 1.29 is 0 Å².